The van der Waals surface area contributed by atoms with Gasteiger partial charge in [0, 0.05) is 6.04 Å². The molecular formula is C13H24N2O3. The van der Waals surface area contributed by atoms with E-state index in [4.69, 9.17) is 10.8 Å². The van der Waals surface area contributed by atoms with Crippen molar-refractivity contribution in [2.24, 2.45) is 11.1 Å². The number of carboxylic acids is 1. The molecule has 3 atom stereocenters. The van der Waals surface area contributed by atoms with Crippen molar-refractivity contribution < 1.29 is 14.7 Å². The number of hydrogen-bond donors (Lipinski definition) is 3. The standard InChI is InChI=1S/C13H24N2O3/c1-3-4-6-9(11(16)17)15-12(18)13(2)8-5-7-10(13)14/h9-10H,3-8,14H2,1-2H3,(H,15,18)(H,16,17). The van der Waals surface area contributed by atoms with E-state index in [1.54, 1.807) is 0 Å². The fourth-order valence-corrected chi connectivity index (χ4v) is 2.46. The van der Waals surface area contributed by atoms with E-state index >= 15 is 0 Å². The van der Waals surface area contributed by atoms with Crippen LogP contribution in [0.3, 0.4) is 0 Å². The lowest BCUT2D eigenvalue weighted by Gasteiger charge is -2.29. The van der Waals surface area contributed by atoms with Crippen LogP contribution in [0.5, 0.6) is 0 Å². The highest BCUT2D eigenvalue weighted by atomic mass is 16.4. The second-order valence-electron chi connectivity index (χ2n) is 5.42. The number of aliphatic carboxylic acids is 1. The summed E-state index contributed by atoms with van der Waals surface area (Å²) in [6, 6.07) is -0.958. The molecule has 0 bridgehead atoms. The Morgan fingerprint density at radius 1 is 1.56 bits per heavy atom. The van der Waals surface area contributed by atoms with Crippen LogP contribution in [0.1, 0.15) is 52.4 Å². The van der Waals surface area contributed by atoms with E-state index in [-0.39, 0.29) is 11.9 Å². The zero-order valence-corrected chi connectivity index (χ0v) is 11.2. The Morgan fingerprint density at radius 2 is 2.22 bits per heavy atom. The third-order valence-electron chi connectivity index (χ3n) is 4.00. The predicted molar refractivity (Wildman–Crippen MR) is 69.0 cm³/mol. The van der Waals surface area contributed by atoms with Crippen molar-refractivity contribution >= 4 is 11.9 Å². The van der Waals surface area contributed by atoms with Gasteiger partial charge >= 0.3 is 5.97 Å². The van der Waals surface area contributed by atoms with Crippen molar-refractivity contribution in [1.29, 1.82) is 0 Å². The first-order valence-corrected chi connectivity index (χ1v) is 6.71. The predicted octanol–water partition coefficient (Wildman–Crippen LogP) is 1.26. The minimum atomic E-state index is -0.966. The molecule has 0 spiro atoms. The summed E-state index contributed by atoms with van der Waals surface area (Å²) in [4.78, 5) is 23.3. The lowest BCUT2D eigenvalue weighted by atomic mass is 9.84. The molecule has 0 aromatic heterocycles. The third kappa shape index (κ3) is 3.22. The first-order chi connectivity index (χ1) is 8.41. The second-order valence-corrected chi connectivity index (χ2v) is 5.42. The molecule has 1 saturated carbocycles. The van der Waals surface area contributed by atoms with Gasteiger partial charge in [-0.1, -0.05) is 26.2 Å². The van der Waals surface area contributed by atoms with Crippen LogP contribution >= 0.6 is 0 Å². The number of carboxylic acid groups (broad SMARTS) is 1. The molecule has 0 saturated heterocycles. The zero-order valence-electron chi connectivity index (χ0n) is 11.2. The Morgan fingerprint density at radius 3 is 2.67 bits per heavy atom. The number of nitrogens with one attached hydrogen (secondary N) is 1. The quantitative estimate of drug-likeness (QED) is 0.667. The van der Waals surface area contributed by atoms with Crippen LogP contribution in [0.2, 0.25) is 0 Å². The molecule has 3 unspecified atom stereocenters. The van der Waals surface area contributed by atoms with Crippen molar-refractivity contribution in [3.8, 4) is 0 Å². The molecule has 4 N–H and O–H groups in total. The molecule has 0 aliphatic heterocycles. The molecular weight excluding hydrogens is 232 g/mol. The Hall–Kier alpha value is -1.10. The van der Waals surface area contributed by atoms with Gasteiger partial charge in [-0.2, -0.15) is 0 Å². The molecule has 104 valence electrons. The molecule has 0 aromatic carbocycles. The highest BCUT2D eigenvalue weighted by Gasteiger charge is 2.43. The lowest BCUT2D eigenvalue weighted by molar-refractivity contribution is -0.144. The van der Waals surface area contributed by atoms with Gasteiger partial charge in [-0.05, 0) is 26.2 Å². The Balaban J connectivity index is 2.63. The van der Waals surface area contributed by atoms with Gasteiger partial charge in [0.2, 0.25) is 5.91 Å². The van der Waals surface area contributed by atoms with E-state index in [1.165, 1.54) is 0 Å². The van der Waals surface area contributed by atoms with Crippen LogP contribution in [0.4, 0.5) is 0 Å². The number of unbranched alkanes of at least 4 members (excludes halogenated alkanes) is 1. The fourth-order valence-electron chi connectivity index (χ4n) is 2.46. The maximum Gasteiger partial charge on any atom is 0.326 e. The molecule has 5 nitrogen and oxygen atoms in total. The molecule has 18 heavy (non-hydrogen) atoms. The summed E-state index contributed by atoms with van der Waals surface area (Å²) >= 11 is 0. The summed E-state index contributed by atoms with van der Waals surface area (Å²) in [6.45, 7) is 3.83. The van der Waals surface area contributed by atoms with Gasteiger partial charge < -0.3 is 16.2 Å². The first-order valence-electron chi connectivity index (χ1n) is 6.71. The van der Waals surface area contributed by atoms with E-state index in [2.05, 4.69) is 5.32 Å². The van der Waals surface area contributed by atoms with Crippen molar-refractivity contribution in [1.82, 2.24) is 5.32 Å². The number of nitrogens with two attached hydrogens (primary N) is 1. The van der Waals surface area contributed by atoms with Crippen LogP contribution in [-0.4, -0.2) is 29.1 Å². The van der Waals surface area contributed by atoms with Crippen molar-refractivity contribution in [3.05, 3.63) is 0 Å². The number of hydrogen-bond acceptors (Lipinski definition) is 3. The minimum Gasteiger partial charge on any atom is -0.480 e. The summed E-state index contributed by atoms with van der Waals surface area (Å²) in [5.41, 5.74) is 5.35. The van der Waals surface area contributed by atoms with Crippen molar-refractivity contribution in [3.63, 3.8) is 0 Å². The summed E-state index contributed by atoms with van der Waals surface area (Å²) < 4.78 is 0. The van der Waals surface area contributed by atoms with Crippen molar-refractivity contribution in [2.45, 2.75) is 64.5 Å². The van der Waals surface area contributed by atoms with Crippen LogP contribution in [-0.2, 0) is 9.59 Å². The highest BCUT2D eigenvalue weighted by Crippen LogP contribution is 2.36. The number of amides is 1. The Bertz CT molecular complexity index is 319. The van der Waals surface area contributed by atoms with E-state index in [1.807, 2.05) is 13.8 Å². The maximum atomic E-state index is 12.2. The maximum absolute atomic E-state index is 12.2. The van der Waals surface area contributed by atoms with E-state index in [0.29, 0.717) is 6.42 Å². The van der Waals surface area contributed by atoms with E-state index < -0.39 is 17.4 Å². The SMILES string of the molecule is CCCCC(NC(=O)C1(C)CCCC1N)C(=O)O. The van der Waals surface area contributed by atoms with Crippen molar-refractivity contribution in [2.75, 3.05) is 0 Å². The number of rotatable bonds is 6. The third-order valence-corrected chi connectivity index (χ3v) is 4.00. The van der Waals surface area contributed by atoms with Crippen LogP contribution in [0, 0.1) is 5.41 Å². The molecule has 1 fully saturated rings. The smallest absolute Gasteiger partial charge is 0.326 e. The van der Waals surface area contributed by atoms with E-state index in [0.717, 1.165) is 32.1 Å². The van der Waals surface area contributed by atoms with Gasteiger partial charge in [-0.15, -0.1) is 0 Å². The van der Waals surface area contributed by atoms with Gasteiger partial charge in [0.1, 0.15) is 6.04 Å². The molecule has 1 aliphatic carbocycles. The fraction of sp³-hybridized carbons (Fsp3) is 0.846. The van der Waals surface area contributed by atoms with Gasteiger partial charge in [0.05, 0.1) is 5.41 Å². The van der Waals surface area contributed by atoms with Gasteiger partial charge in [-0.3, -0.25) is 4.79 Å². The minimum absolute atomic E-state index is 0.168. The Kier molecular flexibility index (Phi) is 5.14. The summed E-state index contributed by atoms with van der Waals surface area (Å²) in [5, 5.41) is 11.7. The normalized spacial score (nSPS) is 28.9. The Labute approximate surface area is 108 Å². The summed E-state index contributed by atoms with van der Waals surface area (Å²) in [5.74, 6) is -1.18. The molecule has 0 radical (unpaired) electrons. The van der Waals surface area contributed by atoms with Crippen LogP contribution in [0.25, 0.3) is 0 Å². The van der Waals surface area contributed by atoms with E-state index in [9.17, 15) is 9.59 Å². The molecule has 1 rings (SSSR count). The molecule has 0 heterocycles. The zero-order chi connectivity index (χ0) is 13.8. The average molecular weight is 256 g/mol. The van der Waals surface area contributed by atoms with Gasteiger partial charge in [0.15, 0.2) is 0 Å². The van der Waals surface area contributed by atoms with Gasteiger partial charge in [-0.25, -0.2) is 4.79 Å². The van der Waals surface area contributed by atoms with Crippen LogP contribution < -0.4 is 11.1 Å². The van der Waals surface area contributed by atoms with Gasteiger partial charge in [0.25, 0.3) is 0 Å². The number of carbonyl (C=O) groups excluding carboxylic acids is 1. The summed E-state index contributed by atoms with van der Waals surface area (Å²) in [7, 11) is 0. The molecule has 1 aliphatic rings. The molecule has 5 heteroatoms. The average Bonchev–Trinajstić information content (AvgIpc) is 2.65. The number of carbonyl (C=O) groups is 2. The second kappa shape index (κ2) is 6.18. The monoisotopic (exact) mass is 256 g/mol. The topological polar surface area (TPSA) is 92.4 Å². The lowest BCUT2D eigenvalue weighted by Crippen LogP contribution is -2.52. The largest absolute Gasteiger partial charge is 0.480 e. The molecule has 0 aromatic rings. The molecule has 1 amide bonds. The van der Waals surface area contributed by atoms with Crippen LogP contribution in [0.15, 0.2) is 0 Å². The summed E-state index contributed by atoms with van der Waals surface area (Å²) in [6.07, 6.45) is 4.67. The highest BCUT2D eigenvalue weighted by molar-refractivity contribution is 5.88. The first kappa shape index (κ1) is 15.0.